The van der Waals surface area contributed by atoms with Gasteiger partial charge in [-0.25, -0.2) is 0 Å². The van der Waals surface area contributed by atoms with Crippen LogP contribution in [0.25, 0.3) is 0 Å². The van der Waals surface area contributed by atoms with Gasteiger partial charge < -0.3 is 10.6 Å². The molecular formula is C21H32N6. The van der Waals surface area contributed by atoms with Gasteiger partial charge in [0.15, 0.2) is 5.82 Å². The highest BCUT2D eigenvalue weighted by Crippen LogP contribution is 2.28. The molecule has 6 nitrogen and oxygen atoms in total. The van der Waals surface area contributed by atoms with E-state index in [1.54, 1.807) is 0 Å². The smallest absolute Gasteiger partial charge is 0.229 e. The number of nitrogens with zero attached hydrogens (tertiary/aromatic N) is 5. The SMILES string of the molecule is Cc1ccc(CCC2CCN([C@H](C)c3nc(N)nc(N(C)C)n3)CC2)cc1. The lowest BCUT2D eigenvalue weighted by molar-refractivity contribution is 0.133. The summed E-state index contributed by atoms with van der Waals surface area (Å²) in [6.45, 7) is 6.48. The second-order valence-corrected chi connectivity index (χ2v) is 7.93. The zero-order valence-corrected chi connectivity index (χ0v) is 17.0. The maximum Gasteiger partial charge on any atom is 0.229 e. The van der Waals surface area contributed by atoms with Crippen LogP contribution in [0.3, 0.4) is 0 Å². The van der Waals surface area contributed by atoms with E-state index in [-0.39, 0.29) is 6.04 Å². The Labute approximate surface area is 162 Å². The molecule has 1 fully saturated rings. The number of anilines is 2. The Kier molecular flexibility index (Phi) is 6.26. The quantitative estimate of drug-likeness (QED) is 0.844. The first-order chi connectivity index (χ1) is 12.9. The number of hydrogen-bond donors (Lipinski definition) is 1. The summed E-state index contributed by atoms with van der Waals surface area (Å²) in [5.41, 5.74) is 8.67. The van der Waals surface area contributed by atoms with Crippen LogP contribution in [0.15, 0.2) is 24.3 Å². The van der Waals surface area contributed by atoms with Crippen LogP contribution in [-0.2, 0) is 6.42 Å². The average molecular weight is 369 g/mol. The number of piperidine rings is 1. The largest absolute Gasteiger partial charge is 0.368 e. The van der Waals surface area contributed by atoms with Crippen LogP contribution in [0.2, 0.25) is 0 Å². The molecule has 6 heteroatoms. The molecule has 2 aromatic rings. The monoisotopic (exact) mass is 368 g/mol. The van der Waals surface area contributed by atoms with E-state index in [9.17, 15) is 0 Å². The molecule has 0 spiro atoms. The van der Waals surface area contributed by atoms with Crippen LogP contribution in [0.1, 0.15) is 49.2 Å². The van der Waals surface area contributed by atoms with Crippen LogP contribution >= 0.6 is 0 Å². The Morgan fingerprint density at radius 2 is 1.78 bits per heavy atom. The van der Waals surface area contributed by atoms with Crippen LogP contribution in [0.5, 0.6) is 0 Å². The first-order valence-electron chi connectivity index (χ1n) is 9.90. The first-order valence-corrected chi connectivity index (χ1v) is 9.90. The van der Waals surface area contributed by atoms with E-state index < -0.39 is 0 Å². The van der Waals surface area contributed by atoms with E-state index in [4.69, 9.17) is 5.73 Å². The number of benzene rings is 1. The number of rotatable bonds is 6. The summed E-state index contributed by atoms with van der Waals surface area (Å²) in [5.74, 6) is 2.49. The van der Waals surface area contributed by atoms with Crippen molar-refractivity contribution < 1.29 is 0 Å². The maximum absolute atomic E-state index is 5.88. The first kappa shape index (κ1) is 19.5. The van der Waals surface area contributed by atoms with E-state index in [1.807, 2.05) is 19.0 Å². The van der Waals surface area contributed by atoms with Gasteiger partial charge in [-0.1, -0.05) is 29.8 Å². The molecule has 0 radical (unpaired) electrons. The van der Waals surface area contributed by atoms with Crippen LogP contribution in [0.4, 0.5) is 11.9 Å². The van der Waals surface area contributed by atoms with Crippen molar-refractivity contribution in [3.05, 3.63) is 41.2 Å². The van der Waals surface area contributed by atoms with Crippen molar-refractivity contribution in [1.29, 1.82) is 0 Å². The van der Waals surface area contributed by atoms with Gasteiger partial charge in [-0.3, -0.25) is 4.90 Å². The van der Waals surface area contributed by atoms with Crippen molar-refractivity contribution in [2.75, 3.05) is 37.8 Å². The molecule has 2 N–H and O–H groups in total. The molecule has 0 saturated carbocycles. The zero-order valence-electron chi connectivity index (χ0n) is 17.0. The number of hydrogen-bond acceptors (Lipinski definition) is 6. The van der Waals surface area contributed by atoms with E-state index in [0.717, 1.165) is 24.8 Å². The number of aryl methyl sites for hydroxylation is 2. The molecule has 1 aromatic carbocycles. The second-order valence-electron chi connectivity index (χ2n) is 7.93. The minimum absolute atomic E-state index is 0.159. The van der Waals surface area contributed by atoms with Crippen molar-refractivity contribution in [3.8, 4) is 0 Å². The molecule has 2 heterocycles. The van der Waals surface area contributed by atoms with Gasteiger partial charge in [0, 0.05) is 14.1 Å². The third-order valence-electron chi connectivity index (χ3n) is 5.59. The topological polar surface area (TPSA) is 71.2 Å². The molecule has 146 valence electrons. The van der Waals surface area contributed by atoms with Crippen molar-refractivity contribution in [2.45, 2.75) is 45.6 Å². The second kappa shape index (κ2) is 8.65. The Bertz CT molecular complexity index is 735. The molecular weight excluding hydrogens is 336 g/mol. The lowest BCUT2D eigenvalue weighted by Crippen LogP contribution is -2.36. The molecule has 0 amide bonds. The molecule has 1 aliphatic rings. The van der Waals surface area contributed by atoms with E-state index in [1.165, 1.54) is 36.8 Å². The highest BCUT2D eigenvalue weighted by atomic mass is 15.3. The highest BCUT2D eigenvalue weighted by molar-refractivity contribution is 5.33. The minimum atomic E-state index is 0.159. The lowest BCUT2D eigenvalue weighted by atomic mass is 9.90. The Hall–Kier alpha value is -2.21. The van der Waals surface area contributed by atoms with Crippen LogP contribution in [-0.4, -0.2) is 47.0 Å². The van der Waals surface area contributed by atoms with Gasteiger partial charge in [0.05, 0.1) is 6.04 Å². The standard InChI is InChI=1S/C21H32N6/c1-15-5-7-17(8-6-15)9-10-18-11-13-27(14-12-18)16(2)19-23-20(22)25-21(24-19)26(3)4/h5-8,16,18H,9-14H2,1-4H3,(H2,22,23,24,25)/t16-/m1/s1. The van der Waals surface area contributed by atoms with Crippen molar-refractivity contribution >= 4 is 11.9 Å². The van der Waals surface area contributed by atoms with Crippen molar-refractivity contribution in [3.63, 3.8) is 0 Å². The summed E-state index contributed by atoms with van der Waals surface area (Å²) in [6.07, 6.45) is 4.92. The summed E-state index contributed by atoms with van der Waals surface area (Å²) >= 11 is 0. The molecule has 0 unspecified atom stereocenters. The molecule has 0 aliphatic carbocycles. The Balaban J connectivity index is 1.53. The summed E-state index contributed by atoms with van der Waals surface area (Å²) in [7, 11) is 3.84. The van der Waals surface area contributed by atoms with E-state index >= 15 is 0 Å². The molecule has 27 heavy (non-hydrogen) atoms. The van der Waals surface area contributed by atoms with Gasteiger partial charge in [0.25, 0.3) is 0 Å². The van der Waals surface area contributed by atoms with Gasteiger partial charge in [0.2, 0.25) is 11.9 Å². The van der Waals surface area contributed by atoms with E-state index in [2.05, 4.69) is 58.0 Å². The normalized spacial score (nSPS) is 17.0. The predicted octanol–water partition coefficient (Wildman–Crippen LogP) is 3.23. The summed E-state index contributed by atoms with van der Waals surface area (Å²) < 4.78 is 0. The molecule has 1 aliphatic heterocycles. The van der Waals surface area contributed by atoms with E-state index in [0.29, 0.717) is 11.9 Å². The third kappa shape index (κ3) is 5.16. The fourth-order valence-corrected chi connectivity index (χ4v) is 3.70. The fraction of sp³-hybridized carbons (Fsp3) is 0.571. The molecule has 1 aromatic heterocycles. The molecule has 1 atom stereocenters. The Morgan fingerprint density at radius 1 is 1.11 bits per heavy atom. The number of aromatic nitrogens is 3. The molecule has 3 rings (SSSR count). The lowest BCUT2D eigenvalue weighted by Gasteiger charge is -2.35. The fourth-order valence-electron chi connectivity index (χ4n) is 3.70. The number of nitrogen functional groups attached to an aromatic ring is 1. The summed E-state index contributed by atoms with van der Waals surface area (Å²) in [6, 6.07) is 9.11. The summed E-state index contributed by atoms with van der Waals surface area (Å²) in [5, 5.41) is 0. The summed E-state index contributed by atoms with van der Waals surface area (Å²) in [4.78, 5) is 17.5. The van der Waals surface area contributed by atoms with Crippen LogP contribution < -0.4 is 10.6 Å². The van der Waals surface area contributed by atoms with Crippen LogP contribution in [0, 0.1) is 12.8 Å². The van der Waals surface area contributed by atoms with Crippen molar-refractivity contribution in [2.24, 2.45) is 5.92 Å². The number of likely N-dealkylation sites (tertiary alicyclic amines) is 1. The Morgan fingerprint density at radius 3 is 2.41 bits per heavy atom. The van der Waals surface area contributed by atoms with Gasteiger partial charge in [-0.2, -0.15) is 15.0 Å². The minimum Gasteiger partial charge on any atom is -0.368 e. The highest BCUT2D eigenvalue weighted by Gasteiger charge is 2.25. The third-order valence-corrected chi connectivity index (χ3v) is 5.59. The van der Waals surface area contributed by atoms with Gasteiger partial charge in [-0.15, -0.1) is 0 Å². The predicted molar refractivity (Wildman–Crippen MR) is 111 cm³/mol. The zero-order chi connectivity index (χ0) is 19.4. The average Bonchev–Trinajstić information content (AvgIpc) is 2.67. The maximum atomic E-state index is 5.88. The van der Waals surface area contributed by atoms with Crippen molar-refractivity contribution in [1.82, 2.24) is 19.9 Å². The van der Waals surface area contributed by atoms with Gasteiger partial charge in [0.1, 0.15) is 0 Å². The molecule has 0 bridgehead atoms. The molecule has 1 saturated heterocycles. The number of nitrogens with two attached hydrogens (primary N) is 1. The van der Waals surface area contributed by atoms with Gasteiger partial charge in [-0.05, 0) is 64.1 Å². The van der Waals surface area contributed by atoms with Gasteiger partial charge >= 0.3 is 0 Å².